The molecule has 0 amide bonds. The number of benzene rings is 2. The third-order valence-corrected chi connectivity index (χ3v) is 2.84. The van der Waals surface area contributed by atoms with E-state index in [0.717, 1.165) is 0 Å². The number of methoxy groups -OCH3 is 2. The van der Waals surface area contributed by atoms with E-state index in [4.69, 9.17) is 9.47 Å². The third-order valence-electron chi connectivity index (χ3n) is 2.84. The summed E-state index contributed by atoms with van der Waals surface area (Å²) in [5.74, 6) is 0.747. The second-order valence-electron chi connectivity index (χ2n) is 3.92. The number of carbonyl (C=O) groups is 1. The Kier molecular flexibility index (Phi) is 3.80. The first-order chi connectivity index (χ1) is 9.19. The number of hydrogen-bond donors (Lipinski definition) is 0. The zero-order valence-corrected chi connectivity index (χ0v) is 10.6. The van der Waals surface area contributed by atoms with E-state index < -0.39 is 5.82 Å². The monoisotopic (exact) mass is 260 g/mol. The van der Waals surface area contributed by atoms with Crippen LogP contribution in [0.2, 0.25) is 0 Å². The maximum atomic E-state index is 13.4. The van der Waals surface area contributed by atoms with Crippen molar-refractivity contribution >= 4 is 6.29 Å². The van der Waals surface area contributed by atoms with Crippen LogP contribution < -0.4 is 9.47 Å². The van der Waals surface area contributed by atoms with Gasteiger partial charge in [0, 0.05) is 11.1 Å². The zero-order valence-electron chi connectivity index (χ0n) is 10.6. The molecule has 0 aromatic heterocycles. The molecule has 0 saturated heterocycles. The lowest BCUT2D eigenvalue weighted by Gasteiger charge is -2.12. The van der Waals surface area contributed by atoms with E-state index in [2.05, 4.69) is 0 Å². The van der Waals surface area contributed by atoms with Crippen LogP contribution in [0, 0.1) is 5.82 Å². The van der Waals surface area contributed by atoms with Gasteiger partial charge < -0.3 is 9.47 Å². The molecule has 2 rings (SSSR count). The summed E-state index contributed by atoms with van der Waals surface area (Å²) in [6.07, 6.45) is 0.688. The van der Waals surface area contributed by atoms with Crippen LogP contribution in [0.15, 0.2) is 36.4 Å². The summed E-state index contributed by atoms with van der Waals surface area (Å²) < 4.78 is 23.8. The van der Waals surface area contributed by atoms with Gasteiger partial charge in [-0.3, -0.25) is 4.79 Å². The summed E-state index contributed by atoms with van der Waals surface area (Å²) in [6.45, 7) is 0. The molecule has 0 heterocycles. The Morgan fingerprint density at radius 2 is 1.79 bits per heavy atom. The minimum Gasteiger partial charge on any atom is -0.497 e. The summed E-state index contributed by atoms with van der Waals surface area (Å²) >= 11 is 0. The summed E-state index contributed by atoms with van der Waals surface area (Å²) in [6, 6.07) is 9.16. The SMILES string of the molecule is COc1ccc(OC)c(-c2cc(F)ccc2C=O)c1. The Morgan fingerprint density at radius 3 is 2.42 bits per heavy atom. The number of halogens is 1. The molecular formula is C15H13FO3. The van der Waals surface area contributed by atoms with Gasteiger partial charge in [-0.15, -0.1) is 0 Å². The van der Waals surface area contributed by atoms with Crippen molar-refractivity contribution in [3.05, 3.63) is 47.8 Å². The first-order valence-corrected chi connectivity index (χ1v) is 5.66. The summed E-state index contributed by atoms with van der Waals surface area (Å²) in [5, 5.41) is 0. The smallest absolute Gasteiger partial charge is 0.150 e. The second-order valence-corrected chi connectivity index (χ2v) is 3.92. The molecule has 0 N–H and O–H groups in total. The molecule has 98 valence electrons. The van der Waals surface area contributed by atoms with E-state index in [1.54, 1.807) is 18.2 Å². The number of hydrogen-bond acceptors (Lipinski definition) is 3. The highest BCUT2D eigenvalue weighted by Crippen LogP contribution is 2.35. The average Bonchev–Trinajstić information content (AvgIpc) is 2.46. The molecule has 0 aliphatic carbocycles. The maximum Gasteiger partial charge on any atom is 0.150 e. The summed E-state index contributed by atoms with van der Waals surface area (Å²) in [4.78, 5) is 11.1. The van der Waals surface area contributed by atoms with Crippen LogP contribution in [0.1, 0.15) is 10.4 Å². The number of rotatable bonds is 4. The van der Waals surface area contributed by atoms with E-state index in [-0.39, 0.29) is 0 Å². The molecule has 0 unspecified atom stereocenters. The fourth-order valence-electron chi connectivity index (χ4n) is 1.89. The summed E-state index contributed by atoms with van der Waals surface area (Å²) in [5.41, 5.74) is 1.49. The molecule has 4 heteroatoms. The van der Waals surface area contributed by atoms with Crippen LogP contribution in [-0.2, 0) is 0 Å². The Balaban J connectivity index is 2.68. The number of ether oxygens (including phenoxy) is 2. The minimum absolute atomic E-state index is 0.396. The highest BCUT2D eigenvalue weighted by Gasteiger charge is 2.12. The average molecular weight is 260 g/mol. The van der Waals surface area contributed by atoms with Crippen LogP contribution >= 0.6 is 0 Å². The van der Waals surface area contributed by atoms with Crippen molar-refractivity contribution in [2.45, 2.75) is 0 Å². The fourth-order valence-corrected chi connectivity index (χ4v) is 1.89. The van der Waals surface area contributed by atoms with Gasteiger partial charge in [0.1, 0.15) is 17.3 Å². The van der Waals surface area contributed by atoms with Crippen molar-refractivity contribution in [3.63, 3.8) is 0 Å². The first-order valence-electron chi connectivity index (χ1n) is 5.66. The van der Waals surface area contributed by atoms with Gasteiger partial charge in [-0.25, -0.2) is 4.39 Å². The normalized spacial score (nSPS) is 10.1. The zero-order chi connectivity index (χ0) is 13.8. The van der Waals surface area contributed by atoms with E-state index in [1.165, 1.54) is 32.4 Å². The molecule has 0 saturated carbocycles. The third kappa shape index (κ3) is 2.57. The second kappa shape index (κ2) is 5.52. The van der Waals surface area contributed by atoms with Crippen LogP contribution in [0.5, 0.6) is 11.5 Å². The van der Waals surface area contributed by atoms with Crippen LogP contribution in [0.4, 0.5) is 4.39 Å². The molecule has 0 aliphatic heterocycles. The van der Waals surface area contributed by atoms with E-state index in [1.807, 2.05) is 0 Å². The van der Waals surface area contributed by atoms with Crippen molar-refractivity contribution in [2.75, 3.05) is 14.2 Å². The molecule has 0 spiro atoms. The van der Waals surface area contributed by atoms with Gasteiger partial charge in [0.2, 0.25) is 0 Å². The lowest BCUT2D eigenvalue weighted by molar-refractivity contribution is 0.112. The molecule has 2 aromatic carbocycles. The topological polar surface area (TPSA) is 35.5 Å². The van der Waals surface area contributed by atoms with E-state index in [9.17, 15) is 9.18 Å². The van der Waals surface area contributed by atoms with Crippen molar-refractivity contribution in [3.8, 4) is 22.6 Å². The summed E-state index contributed by atoms with van der Waals surface area (Å²) in [7, 11) is 3.06. The van der Waals surface area contributed by atoms with Gasteiger partial charge in [0.05, 0.1) is 14.2 Å². The first kappa shape index (κ1) is 13.1. The highest BCUT2D eigenvalue weighted by atomic mass is 19.1. The van der Waals surface area contributed by atoms with Gasteiger partial charge in [0.25, 0.3) is 0 Å². The fraction of sp³-hybridized carbons (Fsp3) is 0.133. The quantitative estimate of drug-likeness (QED) is 0.791. The lowest BCUT2D eigenvalue weighted by atomic mass is 9.99. The van der Waals surface area contributed by atoms with Gasteiger partial charge in [0.15, 0.2) is 6.29 Å². The molecule has 0 aliphatic rings. The molecule has 0 bridgehead atoms. The van der Waals surface area contributed by atoms with Crippen molar-refractivity contribution < 1.29 is 18.7 Å². The Morgan fingerprint density at radius 1 is 1.00 bits per heavy atom. The molecule has 0 fully saturated rings. The van der Waals surface area contributed by atoms with Gasteiger partial charge >= 0.3 is 0 Å². The Bertz CT molecular complexity index is 608. The molecule has 0 atom stereocenters. The predicted octanol–water partition coefficient (Wildman–Crippen LogP) is 3.32. The van der Waals surface area contributed by atoms with Crippen molar-refractivity contribution in [2.24, 2.45) is 0 Å². The Hall–Kier alpha value is -2.36. The van der Waals surface area contributed by atoms with E-state index in [0.29, 0.717) is 34.5 Å². The van der Waals surface area contributed by atoms with Gasteiger partial charge in [-0.05, 0) is 42.0 Å². The van der Waals surface area contributed by atoms with Crippen molar-refractivity contribution in [1.29, 1.82) is 0 Å². The standard InChI is InChI=1S/C15H13FO3/c1-18-12-5-6-15(19-2)14(8-12)13-7-11(16)4-3-10(13)9-17/h3-9H,1-2H3. The van der Waals surface area contributed by atoms with Crippen LogP contribution in [0.3, 0.4) is 0 Å². The minimum atomic E-state index is -0.412. The highest BCUT2D eigenvalue weighted by molar-refractivity contribution is 5.89. The van der Waals surface area contributed by atoms with Crippen molar-refractivity contribution in [1.82, 2.24) is 0 Å². The van der Waals surface area contributed by atoms with Gasteiger partial charge in [-0.1, -0.05) is 0 Å². The van der Waals surface area contributed by atoms with Crippen LogP contribution in [0.25, 0.3) is 11.1 Å². The molecule has 19 heavy (non-hydrogen) atoms. The number of carbonyl (C=O) groups excluding carboxylic acids is 1. The van der Waals surface area contributed by atoms with Gasteiger partial charge in [-0.2, -0.15) is 0 Å². The number of aldehydes is 1. The molecule has 2 aromatic rings. The van der Waals surface area contributed by atoms with E-state index >= 15 is 0 Å². The molecule has 3 nitrogen and oxygen atoms in total. The maximum absolute atomic E-state index is 13.4. The molecular weight excluding hydrogens is 247 g/mol. The lowest BCUT2D eigenvalue weighted by Crippen LogP contribution is -1.94. The molecule has 0 radical (unpaired) electrons. The predicted molar refractivity (Wildman–Crippen MR) is 70.3 cm³/mol. The van der Waals surface area contributed by atoms with Crippen LogP contribution in [-0.4, -0.2) is 20.5 Å². The Labute approximate surface area is 110 Å². The largest absolute Gasteiger partial charge is 0.497 e.